The lowest BCUT2D eigenvalue weighted by atomic mass is 10.2. The van der Waals surface area contributed by atoms with E-state index in [1.807, 2.05) is 19.1 Å². The van der Waals surface area contributed by atoms with Crippen LogP contribution in [-0.4, -0.2) is 6.04 Å². The summed E-state index contributed by atoms with van der Waals surface area (Å²) in [6.45, 7) is 1.93. The smallest absolute Gasteiger partial charge is 0.137 e. The first-order valence-electron chi connectivity index (χ1n) is 5.36. The van der Waals surface area contributed by atoms with Gasteiger partial charge in [0, 0.05) is 18.0 Å². The highest BCUT2D eigenvalue weighted by Gasteiger charge is 2.08. The van der Waals surface area contributed by atoms with E-state index in [0.29, 0.717) is 10.9 Å². The van der Waals surface area contributed by atoms with Crippen LogP contribution in [0.15, 0.2) is 39.2 Å². The standard InChI is InChI=1S/C13H13BrFNO/c1-8(16)6-10-3-5-13(17-10)9-2-4-12(15)11(14)7-9/h2-5,7-8H,6,16H2,1H3. The molecule has 1 unspecified atom stereocenters. The molecule has 1 heterocycles. The average Bonchev–Trinajstić information content (AvgIpc) is 2.69. The van der Waals surface area contributed by atoms with Crippen LogP contribution in [0, 0.1) is 5.82 Å². The molecule has 0 saturated carbocycles. The summed E-state index contributed by atoms with van der Waals surface area (Å²) in [5, 5.41) is 0. The van der Waals surface area contributed by atoms with E-state index < -0.39 is 0 Å². The van der Waals surface area contributed by atoms with Crippen LogP contribution >= 0.6 is 15.9 Å². The SMILES string of the molecule is CC(N)Cc1ccc(-c2ccc(F)c(Br)c2)o1. The van der Waals surface area contributed by atoms with E-state index in [9.17, 15) is 4.39 Å². The van der Waals surface area contributed by atoms with Gasteiger partial charge in [-0.3, -0.25) is 0 Å². The van der Waals surface area contributed by atoms with Crippen LogP contribution in [0.5, 0.6) is 0 Å². The van der Waals surface area contributed by atoms with Gasteiger partial charge in [0.1, 0.15) is 17.3 Å². The van der Waals surface area contributed by atoms with Gasteiger partial charge in [-0.05, 0) is 53.2 Å². The Morgan fingerprint density at radius 1 is 1.35 bits per heavy atom. The van der Waals surface area contributed by atoms with Crippen LogP contribution in [-0.2, 0) is 6.42 Å². The Kier molecular flexibility index (Phi) is 3.64. The molecule has 1 aromatic heterocycles. The quantitative estimate of drug-likeness (QED) is 0.937. The monoisotopic (exact) mass is 297 g/mol. The van der Waals surface area contributed by atoms with Gasteiger partial charge in [0.25, 0.3) is 0 Å². The van der Waals surface area contributed by atoms with Crippen LogP contribution in [0.2, 0.25) is 0 Å². The summed E-state index contributed by atoms with van der Waals surface area (Å²) in [4.78, 5) is 0. The van der Waals surface area contributed by atoms with Crippen molar-refractivity contribution in [3.8, 4) is 11.3 Å². The van der Waals surface area contributed by atoms with Gasteiger partial charge in [-0.15, -0.1) is 0 Å². The molecule has 2 nitrogen and oxygen atoms in total. The summed E-state index contributed by atoms with van der Waals surface area (Å²) < 4.78 is 19.2. The summed E-state index contributed by atoms with van der Waals surface area (Å²) in [5.41, 5.74) is 6.54. The number of benzene rings is 1. The Bertz CT molecular complexity index is 522. The lowest BCUT2D eigenvalue weighted by Gasteiger charge is -2.02. The second-order valence-electron chi connectivity index (χ2n) is 4.08. The Hall–Kier alpha value is -1.13. The molecule has 0 amide bonds. The van der Waals surface area contributed by atoms with Crippen molar-refractivity contribution in [3.63, 3.8) is 0 Å². The number of rotatable bonds is 3. The average molecular weight is 298 g/mol. The van der Waals surface area contributed by atoms with Crippen LogP contribution in [0.3, 0.4) is 0 Å². The number of hydrogen-bond donors (Lipinski definition) is 1. The van der Waals surface area contributed by atoms with Crippen LogP contribution in [0.1, 0.15) is 12.7 Å². The molecule has 1 aromatic carbocycles. The summed E-state index contributed by atoms with van der Waals surface area (Å²) in [7, 11) is 0. The summed E-state index contributed by atoms with van der Waals surface area (Å²) in [6, 6.07) is 8.63. The predicted octanol–water partition coefficient (Wildman–Crippen LogP) is 3.74. The fourth-order valence-corrected chi connectivity index (χ4v) is 1.99. The summed E-state index contributed by atoms with van der Waals surface area (Å²) >= 11 is 3.15. The largest absolute Gasteiger partial charge is 0.461 e. The van der Waals surface area contributed by atoms with Crippen molar-refractivity contribution in [1.82, 2.24) is 0 Å². The second-order valence-corrected chi connectivity index (χ2v) is 4.93. The first-order chi connectivity index (χ1) is 8.06. The molecule has 0 saturated heterocycles. The molecular weight excluding hydrogens is 285 g/mol. The van der Waals surface area contributed by atoms with E-state index in [4.69, 9.17) is 10.2 Å². The second kappa shape index (κ2) is 5.02. The molecule has 17 heavy (non-hydrogen) atoms. The fourth-order valence-electron chi connectivity index (χ4n) is 1.61. The van der Waals surface area contributed by atoms with Gasteiger partial charge >= 0.3 is 0 Å². The van der Waals surface area contributed by atoms with Crippen molar-refractivity contribution in [2.75, 3.05) is 0 Å². The summed E-state index contributed by atoms with van der Waals surface area (Å²) in [5.74, 6) is 1.29. The lowest BCUT2D eigenvalue weighted by molar-refractivity contribution is 0.503. The van der Waals surface area contributed by atoms with E-state index in [1.54, 1.807) is 12.1 Å². The van der Waals surface area contributed by atoms with Gasteiger partial charge < -0.3 is 10.2 Å². The van der Waals surface area contributed by atoms with Crippen LogP contribution in [0.4, 0.5) is 4.39 Å². The Labute approximate surface area is 108 Å². The molecule has 0 aliphatic rings. The van der Waals surface area contributed by atoms with Gasteiger partial charge in [0.05, 0.1) is 4.47 Å². The highest BCUT2D eigenvalue weighted by atomic mass is 79.9. The maximum Gasteiger partial charge on any atom is 0.137 e. The minimum atomic E-state index is -0.281. The molecule has 1 atom stereocenters. The minimum Gasteiger partial charge on any atom is -0.461 e. The highest BCUT2D eigenvalue weighted by Crippen LogP contribution is 2.27. The van der Waals surface area contributed by atoms with Crippen LogP contribution < -0.4 is 5.73 Å². The van der Waals surface area contributed by atoms with Crippen molar-refractivity contribution < 1.29 is 8.81 Å². The summed E-state index contributed by atoms with van der Waals surface area (Å²) in [6.07, 6.45) is 0.697. The van der Waals surface area contributed by atoms with Gasteiger partial charge in [0.2, 0.25) is 0 Å². The van der Waals surface area contributed by atoms with E-state index in [1.165, 1.54) is 6.07 Å². The normalized spacial score (nSPS) is 12.7. The molecule has 2 aromatic rings. The maximum atomic E-state index is 13.1. The minimum absolute atomic E-state index is 0.0638. The van der Waals surface area contributed by atoms with E-state index in [0.717, 1.165) is 17.1 Å². The van der Waals surface area contributed by atoms with Gasteiger partial charge in [-0.25, -0.2) is 4.39 Å². The Morgan fingerprint density at radius 2 is 2.12 bits per heavy atom. The Morgan fingerprint density at radius 3 is 2.76 bits per heavy atom. The van der Waals surface area contributed by atoms with E-state index >= 15 is 0 Å². The molecule has 0 radical (unpaired) electrons. The third-order valence-electron chi connectivity index (χ3n) is 2.39. The van der Waals surface area contributed by atoms with Gasteiger partial charge in [-0.1, -0.05) is 0 Å². The fraction of sp³-hybridized carbons (Fsp3) is 0.231. The first kappa shape index (κ1) is 12.3. The van der Waals surface area contributed by atoms with Gasteiger partial charge in [-0.2, -0.15) is 0 Å². The van der Waals surface area contributed by atoms with Crippen molar-refractivity contribution in [1.29, 1.82) is 0 Å². The molecule has 0 aliphatic carbocycles. The molecule has 0 fully saturated rings. The lowest BCUT2D eigenvalue weighted by Crippen LogP contribution is -2.17. The zero-order valence-corrected chi connectivity index (χ0v) is 11.0. The zero-order chi connectivity index (χ0) is 12.4. The Balaban J connectivity index is 2.27. The molecule has 2 N–H and O–H groups in total. The number of furan rings is 1. The molecular formula is C13H13BrFNO. The molecule has 0 spiro atoms. The molecule has 4 heteroatoms. The third-order valence-corrected chi connectivity index (χ3v) is 3.00. The number of nitrogens with two attached hydrogens (primary N) is 1. The zero-order valence-electron chi connectivity index (χ0n) is 9.41. The van der Waals surface area contributed by atoms with Crippen molar-refractivity contribution in [2.24, 2.45) is 5.73 Å². The van der Waals surface area contributed by atoms with Crippen molar-refractivity contribution in [2.45, 2.75) is 19.4 Å². The number of halogens is 2. The number of hydrogen-bond acceptors (Lipinski definition) is 2. The van der Waals surface area contributed by atoms with Crippen LogP contribution in [0.25, 0.3) is 11.3 Å². The molecule has 2 rings (SSSR count). The van der Waals surface area contributed by atoms with Crippen molar-refractivity contribution in [3.05, 3.63) is 46.4 Å². The molecule has 0 bridgehead atoms. The van der Waals surface area contributed by atoms with E-state index in [-0.39, 0.29) is 11.9 Å². The van der Waals surface area contributed by atoms with Gasteiger partial charge in [0.15, 0.2) is 0 Å². The maximum absolute atomic E-state index is 13.1. The third kappa shape index (κ3) is 2.96. The molecule has 90 valence electrons. The van der Waals surface area contributed by atoms with E-state index in [2.05, 4.69) is 15.9 Å². The predicted molar refractivity (Wildman–Crippen MR) is 69.2 cm³/mol. The highest BCUT2D eigenvalue weighted by molar-refractivity contribution is 9.10. The molecule has 0 aliphatic heterocycles. The van der Waals surface area contributed by atoms with Crippen molar-refractivity contribution >= 4 is 15.9 Å². The first-order valence-corrected chi connectivity index (χ1v) is 6.15. The topological polar surface area (TPSA) is 39.2 Å².